The van der Waals surface area contributed by atoms with Crippen molar-refractivity contribution in [2.75, 3.05) is 12.9 Å². The van der Waals surface area contributed by atoms with Gasteiger partial charge < -0.3 is 4.74 Å². The van der Waals surface area contributed by atoms with E-state index in [1.807, 2.05) is 0 Å². The van der Waals surface area contributed by atoms with Gasteiger partial charge in [0.15, 0.2) is 14.6 Å². The average Bonchev–Trinajstić information content (AvgIpc) is 2.52. The van der Waals surface area contributed by atoms with E-state index in [4.69, 9.17) is 4.74 Å². The van der Waals surface area contributed by atoms with E-state index in [0.717, 1.165) is 16.9 Å². The number of carbonyl (C=O) groups excluding carboxylic acids is 1. The summed E-state index contributed by atoms with van der Waals surface area (Å²) >= 11 is 3.13. The first kappa shape index (κ1) is 20.5. The zero-order valence-corrected chi connectivity index (χ0v) is 16.9. The van der Waals surface area contributed by atoms with Gasteiger partial charge in [-0.05, 0) is 32.4 Å². The van der Waals surface area contributed by atoms with Crippen LogP contribution >= 0.6 is 15.9 Å². The van der Waals surface area contributed by atoms with Crippen molar-refractivity contribution in [3.8, 4) is 0 Å². The van der Waals surface area contributed by atoms with Crippen LogP contribution in [0.1, 0.15) is 20.3 Å². The number of aromatic nitrogens is 2. The molecular formula is C16H18BrFN2O5S. The fourth-order valence-electron chi connectivity index (χ4n) is 2.42. The van der Waals surface area contributed by atoms with Gasteiger partial charge in [0.25, 0.3) is 5.56 Å². The van der Waals surface area contributed by atoms with Crippen molar-refractivity contribution in [3.05, 3.63) is 39.1 Å². The number of hydrogen-bond donors (Lipinski definition) is 0. The summed E-state index contributed by atoms with van der Waals surface area (Å²) in [6.07, 6.45) is 1.92. The van der Waals surface area contributed by atoms with E-state index in [2.05, 4.69) is 20.9 Å². The van der Waals surface area contributed by atoms with Crippen LogP contribution in [0.25, 0.3) is 10.9 Å². The molecule has 0 aliphatic heterocycles. The third-order valence-corrected chi connectivity index (χ3v) is 6.67. The molecule has 0 aliphatic rings. The van der Waals surface area contributed by atoms with Crippen LogP contribution in [0.15, 0.2) is 27.7 Å². The van der Waals surface area contributed by atoms with E-state index in [1.165, 1.54) is 19.3 Å². The molecule has 2 rings (SSSR count). The summed E-state index contributed by atoms with van der Waals surface area (Å²) in [6.45, 7) is 2.71. The van der Waals surface area contributed by atoms with Gasteiger partial charge in [0.1, 0.15) is 11.2 Å². The Bertz CT molecular complexity index is 1020. The van der Waals surface area contributed by atoms with Gasteiger partial charge in [-0.1, -0.05) is 15.9 Å². The van der Waals surface area contributed by atoms with Crippen molar-refractivity contribution in [1.29, 1.82) is 0 Å². The van der Waals surface area contributed by atoms with Crippen molar-refractivity contribution in [1.82, 2.24) is 9.55 Å². The minimum atomic E-state index is -3.82. The fraction of sp³-hybridized carbons (Fsp3) is 0.438. The zero-order chi connectivity index (χ0) is 19.7. The highest BCUT2D eigenvalue weighted by molar-refractivity contribution is 9.10. The molecule has 0 aliphatic carbocycles. The first-order valence-electron chi connectivity index (χ1n) is 7.72. The Morgan fingerprint density at radius 1 is 1.42 bits per heavy atom. The summed E-state index contributed by atoms with van der Waals surface area (Å²) in [5.41, 5.74) is -0.478. The Balaban J connectivity index is 2.43. The summed E-state index contributed by atoms with van der Waals surface area (Å²) in [5.74, 6) is -1.63. The van der Waals surface area contributed by atoms with Crippen LogP contribution in [0.4, 0.5) is 4.39 Å². The van der Waals surface area contributed by atoms with E-state index in [0.29, 0.717) is 4.47 Å². The molecule has 0 saturated heterocycles. The molecule has 0 N–H and O–H groups in total. The van der Waals surface area contributed by atoms with Crippen LogP contribution in [-0.4, -0.2) is 41.5 Å². The van der Waals surface area contributed by atoms with Crippen molar-refractivity contribution in [2.24, 2.45) is 0 Å². The SMILES string of the molecule is CCOC(=O)[C@@](C)(CCn1cnc2cc(Br)cc(F)c2c1=O)S(C)(=O)=O. The number of sulfone groups is 1. The molecule has 0 amide bonds. The molecule has 1 atom stereocenters. The lowest BCUT2D eigenvalue weighted by molar-refractivity contribution is -0.146. The summed E-state index contributed by atoms with van der Waals surface area (Å²) in [7, 11) is -3.82. The van der Waals surface area contributed by atoms with E-state index in [1.54, 1.807) is 6.92 Å². The Morgan fingerprint density at radius 2 is 2.08 bits per heavy atom. The van der Waals surface area contributed by atoms with Gasteiger partial charge in [-0.25, -0.2) is 17.8 Å². The largest absolute Gasteiger partial charge is 0.465 e. The monoisotopic (exact) mass is 448 g/mol. The molecule has 1 heterocycles. The molecule has 0 radical (unpaired) electrons. The van der Waals surface area contributed by atoms with Gasteiger partial charge in [-0.15, -0.1) is 0 Å². The molecule has 1 aromatic carbocycles. The first-order chi connectivity index (χ1) is 12.0. The predicted molar refractivity (Wildman–Crippen MR) is 98.2 cm³/mol. The smallest absolute Gasteiger partial charge is 0.327 e. The molecule has 7 nitrogen and oxygen atoms in total. The van der Waals surface area contributed by atoms with Gasteiger partial charge in [-0.2, -0.15) is 0 Å². The Morgan fingerprint density at radius 3 is 2.65 bits per heavy atom. The minimum Gasteiger partial charge on any atom is -0.465 e. The molecule has 10 heteroatoms. The zero-order valence-electron chi connectivity index (χ0n) is 14.5. The van der Waals surface area contributed by atoms with Crippen LogP contribution in [0.5, 0.6) is 0 Å². The highest BCUT2D eigenvalue weighted by Gasteiger charge is 2.44. The molecule has 0 saturated carbocycles. The number of esters is 1. The van der Waals surface area contributed by atoms with Crippen LogP contribution in [0.3, 0.4) is 0 Å². The van der Waals surface area contributed by atoms with E-state index < -0.39 is 31.9 Å². The molecule has 26 heavy (non-hydrogen) atoms. The summed E-state index contributed by atoms with van der Waals surface area (Å²) in [5, 5.41) is -0.201. The number of ether oxygens (including phenoxy) is 1. The second-order valence-corrected chi connectivity index (χ2v) is 9.36. The Kier molecular flexibility index (Phi) is 5.86. The third-order valence-electron chi connectivity index (χ3n) is 4.20. The number of halogens is 2. The second-order valence-electron chi connectivity index (χ2n) is 6.00. The van der Waals surface area contributed by atoms with Gasteiger partial charge >= 0.3 is 5.97 Å². The number of rotatable bonds is 6. The fourth-order valence-corrected chi connectivity index (χ4v) is 3.66. The minimum absolute atomic E-state index is 0.0293. The number of fused-ring (bicyclic) bond motifs is 1. The van der Waals surface area contributed by atoms with Crippen LogP contribution in [0, 0.1) is 5.82 Å². The maximum Gasteiger partial charge on any atom is 0.327 e. The quantitative estimate of drug-likeness (QED) is 0.627. The first-order valence-corrected chi connectivity index (χ1v) is 10.4. The molecule has 1 aromatic heterocycles. The molecule has 2 aromatic rings. The van der Waals surface area contributed by atoms with Crippen molar-refractivity contribution in [3.63, 3.8) is 0 Å². The molecule has 0 fully saturated rings. The normalized spacial score (nSPS) is 14.2. The van der Waals surface area contributed by atoms with E-state index in [-0.39, 0.29) is 30.5 Å². The highest BCUT2D eigenvalue weighted by Crippen LogP contribution is 2.24. The number of aryl methyl sites for hydroxylation is 1. The standard InChI is InChI=1S/C16H18BrFN2O5S/c1-4-25-15(22)16(2,26(3,23)24)5-6-20-9-19-12-8-10(17)7-11(18)13(12)14(20)21/h7-9H,4-6H2,1-3H3/t16-/m1/s1. The number of benzene rings is 1. The van der Waals surface area contributed by atoms with Gasteiger partial charge in [0.2, 0.25) is 0 Å². The lowest BCUT2D eigenvalue weighted by atomic mass is 10.1. The molecule has 0 bridgehead atoms. The molecule has 0 unspecified atom stereocenters. The average molecular weight is 449 g/mol. The Labute approximate surface area is 158 Å². The lowest BCUT2D eigenvalue weighted by Crippen LogP contribution is -2.45. The summed E-state index contributed by atoms with van der Waals surface area (Å²) < 4.78 is 42.9. The predicted octanol–water partition coefficient (Wildman–Crippen LogP) is 2.05. The topological polar surface area (TPSA) is 95.3 Å². The van der Waals surface area contributed by atoms with Crippen molar-refractivity contribution < 1.29 is 22.3 Å². The second kappa shape index (κ2) is 7.43. The van der Waals surface area contributed by atoms with Crippen LogP contribution < -0.4 is 5.56 Å². The van der Waals surface area contributed by atoms with Crippen LogP contribution in [0.2, 0.25) is 0 Å². The van der Waals surface area contributed by atoms with Crippen LogP contribution in [-0.2, 0) is 25.9 Å². The maximum absolute atomic E-state index is 14.1. The summed E-state index contributed by atoms with van der Waals surface area (Å²) in [4.78, 5) is 28.7. The number of carbonyl (C=O) groups is 1. The number of nitrogens with zero attached hydrogens (tertiary/aromatic N) is 2. The Hall–Kier alpha value is -1.81. The lowest BCUT2D eigenvalue weighted by Gasteiger charge is -2.25. The van der Waals surface area contributed by atoms with Gasteiger partial charge in [0, 0.05) is 17.3 Å². The van der Waals surface area contributed by atoms with Crippen molar-refractivity contribution in [2.45, 2.75) is 31.6 Å². The third kappa shape index (κ3) is 3.80. The molecular weight excluding hydrogens is 431 g/mol. The maximum atomic E-state index is 14.1. The molecule has 142 valence electrons. The van der Waals surface area contributed by atoms with E-state index >= 15 is 0 Å². The summed E-state index contributed by atoms with van der Waals surface area (Å²) in [6, 6.07) is 2.65. The van der Waals surface area contributed by atoms with Crippen molar-refractivity contribution >= 4 is 42.6 Å². The van der Waals surface area contributed by atoms with Gasteiger partial charge in [0.05, 0.1) is 18.5 Å². The highest BCUT2D eigenvalue weighted by atomic mass is 79.9. The van der Waals surface area contributed by atoms with E-state index in [9.17, 15) is 22.4 Å². The molecule has 0 spiro atoms. The number of hydrogen-bond acceptors (Lipinski definition) is 6. The van der Waals surface area contributed by atoms with Gasteiger partial charge in [-0.3, -0.25) is 14.2 Å².